The minimum Gasteiger partial charge on any atom is -0.494 e. The molecule has 0 saturated heterocycles. The Bertz CT molecular complexity index is 452. The number of nitrogen functional groups attached to an aromatic ring is 1. The lowest BCUT2D eigenvalue weighted by Crippen LogP contribution is -1.90. The standard InChI is InChI=1S/C8H8FN3O/c1-13-5-3-2-4-6(7(5)9)8(10)12-11-4/h2-3H,1H3,(H3,10,11,12). The number of rotatable bonds is 1. The lowest BCUT2D eigenvalue weighted by molar-refractivity contribution is 0.389. The number of hydrogen-bond donors (Lipinski definition) is 2. The minimum atomic E-state index is -0.480. The summed E-state index contributed by atoms with van der Waals surface area (Å²) in [6.07, 6.45) is 0. The van der Waals surface area contributed by atoms with Crippen LogP contribution in [-0.4, -0.2) is 17.3 Å². The molecule has 0 atom stereocenters. The lowest BCUT2D eigenvalue weighted by atomic mass is 10.2. The molecule has 0 aliphatic rings. The van der Waals surface area contributed by atoms with E-state index in [0.29, 0.717) is 5.52 Å². The second-order valence-corrected chi connectivity index (χ2v) is 2.61. The average molecular weight is 181 g/mol. The Labute approximate surface area is 73.5 Å². The second kappa shape index (κ2) is 2.62. The van der Waals surface area contributed by atoms with Crippen LogP contribution in [0.4, 0.5) is 10.2 Å². The molecular formula is C8H8FN3O. The minimum absolute atomic E-state index is 0.145. The van der Waals surface area contributed by atoms with Gasteiger partial charge in [-0.3, -0.25) is 5.10 Å². The van der Waals surface area contributed by atoms with Gasteiger partial charge in [-0.2, -0.15) is 5.10 Å². The molecule has 3 N–H and O–H groups in total. The molecular weight excluding hydrogens is 173 g/mol. The number of methoxy groups -OCH3 is 1. The maximum absolute atomic E-state index is 13.5. The third-order valence-corrected chi connectivity index (χ3v) is 1.88. The van der Waals surface area contributed by atoms with Gasteiger partial charge in [-0.05, 0) is 12.1 Å². The van der Waals surface area contributed by atoms with Gasteiger partial charge in [0.1, 0.15) is 0 Å². The van der Waals surface area contributed by atoms with E-state index in [2.05, 4.69) is 10.2 Å². The maximum atomic E-state index is 13.5. The number of nitrogens with one attached hydrogen (secondary N) is 1. The Morgan fingerprint density at radius 1 is 1.54 bits per heavy atom. The van der Waals surface area contributed by atoms with Crippen LogP contribution in [-0.2, 0) is 0 Å². The quantitative estimate of drug-likeness (QED) is 0.696. The van der Waals surface area contributed by atoms with Crippen molar-refractivity contribution in [2.75, 3.05) is 12.8 Å². The Morgan fingerprint density at radius 3 is 3.00 bits per heavy atom. The van der Waals surface area contributed by atoms with Crippen molar-refractivity contribution < 1.29 is 9.13 Å². The Balaban J connectivity index is 2.83. The second-order valence-electron chi connectivity index (χ2n) is 2.61. The molecule has 2 aromatic rings. The Morgan fingerprint density at radius 2 is 2.31 bits per heavy atom. The van der Waals surface area contributed by atoms with Crippen molar-refractivity contribution in [2.24, 2.45) is 0 Å². The summed E-state index contributed by atoms with van der Waals surface area (Å²) in [4.78, 5) is 0. The van der Waals surface area contributed by atoms with Crippen molar-refractivity contribution in [3.63, 3.8) is 0 Å². The number of halogens is 1. The topological polar surface area (TPSA) is 63.9 Å². The van der Waals surface area contributed by atoms with Gasteiger partial charge in [-0.15, -0.1) is 0 Å². The first kappa shape index (κ1) is 7.85. The number of anilines is 1. The summed E-state index contributed by atoms with van der Waals surface area (Å²) in [6.45, 7) is 0. The normalized spacial score (nSPS) is 10.6. The average Bonchev–Trinajstić information content (AvgIpc) is 2.49. The molecule has 0 amide bonds. The predicted molar refractivity (Wildman–Crippen MR) is 47.0 cm³/mol. The van der Waals surface area contributed by atoms with Crippen LogP contribution in [0.5, 0.6) is 5.75 Å². The fraction of sp³-hybridized carbons (Fsp3) is 0.125. The van der Waals surface area contributed by atoms with E-state index < -0.39 is 5.82 Å². The van der Waals surface area contributed by atoms with Gasteiger partial charge in [0.05, 0.1) is 18.0 Å². The molecule has 0 unspecified atom stereocenters. The molecule has 0 saturated carbocycles. The fourth-order valence-electron chi connectivity index (χ4n) is 1.23. The molecule has 1 aromatic heterocycles. The first-order valence-electron chi connectivity index (χ1n) is 3.70. The molecule has 0 spiro atoms. The number of aromatic amines is 1. The van der Waals surface area contributed by atoms with Gasteiger partial charge < -0.3 is 10.5 Å². The maximum Gasteiger partial charge on any atom is 0.178 e. The van der Waals surface area contributed by atoms with Gasteiger partial charge in [0, 0.05) is 0 Å². The van der Waals surface area contributed by atoms with Gasteiger partial charge in [-0.1, -0.05) is 0 Å². The molecule has 0 fully saturated rings. The molecule has 0 bridgehead atoms. The SMILES string of the molecule is COc1ccc2[nH]nc(N)c2c1F. The fourth-order valence-corrected chi connectivity index (χ4v) is 1.23. The first-order valence-corrected chi connectivity index (χ1v) is 3.70. The summed E-state index contributed by atoms with van der Waals surface area (Å²) in [5.74, 6) is -0.168. The summed E-state index contributed by atoms with van der Waals surface area (Å²) in [7, 11) is 1.40. The summed E-state index contributed by atoms with van der Waals surface area (Å²) in [5.41, 5.74) is 6.03. The largest absolute Gasteiger partial charge is 0.494 e. The monoisotopic (exact) mass is 181 g/mol. The number of fused-ring (bicyclic) bond motifs is 1. The van der Waals surface area contributed by atoms with E-state index >= 15 is 0 Å². The van der Waals surface area contributed by atoms with Crippen molar-refractivity contribution in [3.05, 3.63) is 17.9 Å². The van der Waals surface area contributed by atoms with E-state index in [4.69, 9.17) is 10.5 Å². The highest BCUT2D eigenvalue weighted by Gasteiger charge is 2.12. The molecule has 2 rings (SSSR count). The molecule has 68 valence electrons. The van der Waals surface area contributed by atoms with Gasteiger partial charge in [-0.25, -0.2) is 4.39 Å². The number of ether oxygens (including phenoxy) is 1. The highest BCUT2D eigenvalue weighted by Crippen LogP contribution is 2.28. The summed E-state index contributed by atoms with van der Waals surface area (Å²) in [6, 6.07) is 3.19. The van der Waals surface area contributed by atoms with Crippen molar-refractivity contribution in [2.45, 2.75) is 0 Å². The third-order valence-electron chi connectivity index (χ3n) is 1.88. The Hall–Kier alpha value is -1.78. The van der Waals surface area contributed by atoms with Crippen LogP contribution in [0.25, 0.3) is 10.9 Å². The van der Waals surface area contributed by atoms with Crippen LogP contribution < -0.4 is 10.5 Å². The molecule has 0 radical (unpaired) electrons. The van der Waals surface area contributed by atoms with E-state index in [1.807, 2.05) is 0 Å². The van der Waals surface area contributed by atoms with Crippen LogP contribution in [0, 0.1) is 5.82 Å². The van der Waals surface area contributed by atoms with Crippen molar-refractivity contribution in [1.29, 1.82) is 0 Å². The highest BCUT2D eigenvalue weighted by molar-refractivity contribution is 5.90. The zero-order valence-corrected chi connectivity index (χ0v) is 6.97. The molecule has 5 heteroatoms. The van der Waals surface area contributed by atoms with E-state index in [1.165, 1.54) is 13.2 Å². The predicted octanol–water partition coefficient (Wildman–Crippen LogP) is 1.29. The lowest BCUT2D eigenvalue weighted by Gasteiger charge is -2.01. The number of H-pyrrole nitrogens is 1. The number of aromatic nitrogens is 2. The molecule has 13 heavy (non-hydrogen) atoms. The van der Waals surface area contributed by atoms with Gasteiger partial charge in [0.15, 0.2) is 17.4 Å². The molecule has 1 heterocycles. The molecule has 1 aromatic carbocycles. The van der Waals surface area contributed by atoms with Crippen molar-refractivity contribution >= 4 is 16.7 Å². The molecule has 0 aliphatic heterocycles. The summed E-state index contributed by atoms with van der Waals surface area (Å²) in [5, 5.41) is 6.58. The zero-order valence-electron chi connectivity index (χ0n) is 6.97. The van der Waals surface area contributed by atoms with E-state index in [0.717, 1.165) is 0 Å². The van der Waals surface area contributed by atoms with E-state index in [9.17, 15) is 4.39 Å². The number of hydrogen-bond acceptors (Lipinski definition) is 3. The van der Waals surface area contributed by atoms with Crippen LogP contribution >= 0.6 is 0 Å². The van der Waals surface area contributed by atoms with Gasteiger partial charge >= 0.3 is 0 Å². The number of nitrogens with two attached hydrogens (primary N) is 1. The highest BCUT2D eigenvalue weighted by atomic mass is 19.1. The van der Waals surface area contributed by atoms with Gasteiger partial charge in [0.2, 0.25) is 0 Å². The van der Waals surface area contributed by atoms with Crippen molar-refractivity contribution in [1.82, 2.24) is 10.2 Å². The van der Waals surface area contributed by atoms with Gasteiger partial charge in [0.25, 0.3) is 0 Å². The van der Waals surface area contributed by atoms with Crippen LogP contribution in [0.15, 0.2) is 12.1 Å². The summed E-state index contributed by atoms with van der Waals surface area (Å²) < 4.78 is 18.3. The van der Waals surface area contributed by atoms with Crippen LogP contribution in [0.3, 0.4) is 0 Å². The van der Waals surface area contributed by atoms with E-state index in [1.54, 1.807) is 6.07 Å². The van der Waals surface area contributed by atoms with Crippen LogP contribution in [0.2, 0.25) is 0 Å². The number of benzene rings is 1. The zero-order chi connectivity index (χ0) is 9.42. The number of nitrogens with zero attached hydrogens (tertiary/aromatic N) is 1. The molecule has 4 nitrogen and oxygen atoms in total. The third kappa shape index (κ3) is 1.00. The van der Waals surface area contributed by atoms with E-state index in [-0.39, 0.29) is 17.0 Å². The smallest absolute Gasteiger partial charge is 0.178 e. The molecule has 0 aliphatic carbocycles. The van der Waals surface area contributed by atoms with Crippen molar-refractivity contribution in [3.8, 4) is 5.75 Å². The van der Waals surface area contributed by atoms with Crippen LogP contribution in [0.1, 0.15) is 0 Å². The summed E-state index contributed by atoms with van der Waals surface area (Å²) >= 11 is 0. The first-order chi connectivity index (χ1) is 6.24. The Kier molecular flexibility index (Phi) is 1.58.